The number of nitrogens with one attached hydrogen (secondary N) is 2. The Balaban J connectivity index is 0.758. The average Bonchev–Trinajstić information content (AvgIpc) is 3.58. The Morgan fingerprint density at radius 2 is 1.34 bits per heavy atom. The Morgan fingerprint density at radius 1 is 0.734 bits per heavy atom. The van der Waals surface area contributed by atoms with Crippen molar-refractivity contribution in [1.29, 1.82) is 0 Å². The van der Waals surface area contributed by atoms with E-state index in [-0.39, 0.29) is 57.9 Å². The molecule has 5 saturated carbocycles. The quantitative estimate of drug-likeness (QED) is 0.0805. The fourth-order valence-electron chi connectivity index (χ4n) is 12.5. The zero-order valence-corrected chi connectivity index (χ0v) is 38.1. The van der Waals surface area contributed by atoms with Crippen molar-refractivity contribution in [2.45, 2.75) is 122 Å². The molecule has 3 aromatic carbocycles. The van der Waals surface area contributed by atoms with Crippen LogP contribution < -0.4 is 29.6 Å². The van der Waals surface area contributed by atoms with Gasteiger partial charge in [0.1, 0.15) is 0 Å². The summed E-state index contributed by atoms with van der Waals surface area (Å²) in [5, 5.41) is 6.82. The highest BCUT2D eigenvalue weighted by molar-refractivity contribution is 5.91. The molecule has 2 N–H and O–H groups in total. The maximum atomic E-state index is 13.2. The van der Waals surface area contributed by atoms with Gasteiger partial charge in [-0.1, -0.05) is 38.1 Å². The van der Waals surface area contributed by atoms with E-state index in [1.165, 1.54) is 26.4 Å². The van der Waals surface area contributed by atoms with E-state index >= 15 is 0 Å². The standard InChI is InChI=1S/C51H64N2O11/c1-31(63-48(57)53-51-25-35-23-49(2,29-51)28-50(3,24-35)30-51)62-45(54)37-13-15-39(16-14-37)52-26-32-7-11-36(12-8-32)46(55)64-42-18-10-34(22-44(42)60-6)20-40-38(27-61-47(40)56)19-33-9-17-41(58-4)43(21-33)59-5/h7-12,17-18,21-22,31,35,37-40,52H,13-16,19-20,23-30H2,1-6H3,(H,53,57)/t31?,35?,37?,38-,39?,40+,49?,50?,51?/m0/s1. The van der Waals surface area contributed by atoms with E-state index < -0.39 is 18.4 Å². The highest BCUT2D eigenvalue weighted by atomic mass is 16.7. The summed E-state index contributed by atoms with van der Waals surface area (Å²) in [7, 11) is 4.70. The van der Waals surface area contributed by atoms with Gasteiger partial charge in [0.2, 0.25) is 6.29 Å². The Labute approximate surface area is 376 Å². The number of ether oxygens (including phenoxy) is 7. The molecule has 6 aliphatic rings. The first kappa shape index (κ1) is 45.3. The number of alkyl carbamates (subject to hydrolysis) is 1. The first-order valence-corrected chi connectivity index (χ1v) is 22.9. The van der Waals surface area contributed by atoms with Gasteiger partial charge in [-0.25, -0.2) is 9.59 Å². The van der Waals surface area contributed by atoms with Gasteiger partial charge in [0.15, 0.2) is 23.0 Å². The minimum Gasteiger partial charge on any atom is -0.493 e. The molecule has 1 aliphatic heterocycles. The number of rotatable bonds is 16. The Hall–Kier alpha value is -5.30. The summed E-state index contributed by atoms with van der Waals surface area (Å²) in [6.07, 6.45) is 9.28. The molecule has 0 spiro atoms. The van der Waals surface area contributed by atoms with Crippen LogP contribution >= 0.6 is 0 Å². The third kappa shape index (κ3) is 10.3. The van der Waals surface area contributed by atoms with Crippen molar-refractivity contribution in [1.82, 2.24) is 10.6 Å². The Morgan fingerprint density at radius 3 is 1.98 bits per heavy atom. The number of carbonyl (C=O) groups excluding carboxylic acids is 4. The van der Waals surface area contributed by atoms with Gasteiger partial charge in [-0.15, -0.1) is 0 Å². The highest BCUT2D eigenvalue weighted by Crippen LogP contribution is 2.66. The first-order valence-electron chi connectivity index (χ1n) is 22.9. The third-order valence-electron chi connectivity index (χ3n) is 14.5. The van der Waals surface area contributed by atoms with Crippen LogP contribution in [-0.4, -0.2) is 69.8 Å². The normalized spacial score (nSPS) is 29.6. The molecule has 9 rings (SSSR count). The zero-order valence-electron chi connectivity index (χ0n) is 38.1. The van der Waals surface area contributed by atoms with Crippen molar-refractivity contribution in [3.63, 3.8) is 0 Å². The van der Waals surface area contributed by atoms with Crippen LogP contribution in [0.25, 0.3) is 0 Å². The number of hydrogen-bond donors (Lipinski definition) is 2. The molecular formula is C51H64N2O11. The molecule has 6 fully saturated rings. The second-order valence-corrected chi connectivity index (χ2v) is 20.0. The fourth-order valence-corrected chi connectivity index (χ4v) is 12.5. The van der Waals surface area contributed by atoms with Crippen LogP contribution in [0.15, 0.2) is 60.7 Å². The number of methoxy groups -OCH3 is 3. The number of amides is 1. The van der Waals surface area contributed by atoms with Gasteiger partial charge in [0, 0.05) is 31.0 Å². The second kappa shape index (κ2) is 18.7. The molecule has 64 heavy (non-hydrogen) atoms. The van der Waals surface area contributed by atoms with Crippen LogP contribution in [-0.2, 0) is 43.2 Å². The zero-order chi connectivity index (χ0) is 45.2. The fraction of sp³-hybridized carbons (Fsp3) is 0.569. The lowest BCUT2D eigenvalue weighted by Gasteiger charge is -2.65. The smallest absolute Gasteiger partial charge is 0.410 e. The molecule has 1 heterocycles. The lowest BCUT2D eigenvalue weighted by molar-refractivity contribution is -0.172. The van der Waals surface area contributed by atoms with E-state index in [2.05, 4.69) is 24.5 Å². The van der Waals surface area contributed by atoms with E-state index in [9.17, 15) is 19.2 Å². The first-order chi connectivity index (χ1) is 30.6. The number of carbonyl (C=O) groups is 4. The molecule has 1 amide bonds. The molecule has 4 bridgehead atoms. The lowest BCUT2D eigenvalue weighted by Crippen LogP contribution is -2.65. The van der Waals surface area contributed by atoms with Crippen LogP contribution in [0.3, 0.4) is 0 Å². The summed E-state index contributed by atoms with van der Waals surface area (Å²) >= 11 is 0. The van der Waals surface area contributed by atoms with E-state index in [0.717, 1.165) is 48.8 Å². The minimum absolute atomic E-state index is 0.0283. The van der Waals surface area contributed by atoms with E-state index in [1.54, 1.807) is 45.4 Å². The number of benzene rings is 3. The molecule has 0 radical (unpaired) electrons. The molecule has 3 unspecified atom stereocenters. The van der Waals surface area contributed by atoms with Crippen LogP contribution in [0.4, 0.5) is 4.79 Å². The number of esters is 3. The second-order valence-electron chi connectivity index (χ2n) is 20.0. The van der Waals surface area contributed by atoms with E-state index in [4.69, 9.17) is 33.2 Å². The molecule has 1 saturated heterocycles. The van der Waals surface area contributed by atoms with Gasteiger partial charge in [-0.2, -0.15) is 0 Å². The van der Waals surface area contributed by atoms with Crippen molar-refractivity contribution in [2.75, 3.05) is 27.9 Å². The Kier molecular flexibility index (Phi) is 13.2. The lowest BCUT2D eigenvalue weighted by atomic mass is 9.43. The summed E-state index contributed by atoms with van der Waals surface area (Å²) in [5.74, 6) is 0.892. The molecule has 5 aliphatic carbocycles. The summed E-state index contributed by atoms with van der Waals surface area (Å²) < 4.78 is 38.9. The molecular weight excluding hydrogens is 817 g/mol. The van der Waals surface area contributed by atoms with Crippen LogP contribution in [0.1, 0.15) is 112 Å². The predicted molar refractivity (Wildman–Crippen MR) is 237 cm³/mol. The third-order valence-corrected chi connectivity index (χ3v) is 14.5. The number of cyclic esters (lactones) is 1. The van der Waals surface area contributed by atoms with Crippen LogP contribution in [0, 0.1) is 34.5 Å². The summed E-state index contributed by atoms with van der Waals surface area (Å²) in [4.78, 5) is 52.2. The van der Waals surface area contributed by atoms with Gasteiger partial charge in [0.05, 0.1) is 45.3 Å². The number of hydrogen-bond acceptors (Lipinski definition) is 12. The average molecular weight is 881 g/mol. The topological polar surface area (TPSA) is 157 Å². The molecule has 3 aromatic rings. The van der Waals surface area contributed by atoms with Crippen molar-refractivity contribution in [3.8, 4) is 23.0 Å². The molecule has 0 aromatic heterocycles. The monoisotopic (exact) mass is 880 g/mol. The maximum absolute atomic E-state index is 13.2. The highest BCUT2D eigenvalue weighted by Gasteiger charge is 2.60. The minimum atomic E-state index is -0.960. The van der Waals surface area contributed by atoms with Crippen molar-refractivity contribution in [2.24, 2.45) is 34.5 Å². The molecule has 13 heteroatoms. The van der Waals surface area contributed by atoms with Gasteiger partial charge in [-0.05, 0) is 147 Å². The maximum Gasteiger partial charge on any atom is 0.410 e. The van der Waals surface area contributed by atoms with Gasteiger partial charge >= 0.3 is 24.0 Å². The largest absolute Gasteiger partial charge is 0.493 e. The summed E-state index contributed by atoms with van der Waals surface area (Å²) in [5.41, 5.74) is 3.58. The van der Waals surface area contributed by atoms with Crippen molar-refractivity contribution >= 4 is 24.0 Å². The summed E-state index contributed by atoms with van der Waals surface area (Å²) in [6, 6.07) is 18.6. The van der Waals surface area contributed by atoms with Crippen LogP contribution in [0.5, 0.6) is 23.0 Å². The molecule has 13 nitrogen and oxygen atoms in total. The van der Waals surface area contributed by atoms with E-state index in [0.29, 0.717) is 67.6 Å². The SMILES string of the molecule is COc1ccc(C[C@H]2COC(=O)[C@@H]2Cc2ccc(OC(=O)c3ccc(CNC4CCC(C(=O)OC(C)OC(=O)NC56CC7CC(C)(CC(C)(C7)C5)C6)CC4)cc3)c(OC)c2)cc1OC. The van der Waals surface area contributed by atoms with Gasteiger partial charge in [-0.3, -0.25) is 9.59 Å². The van der Waals surface area contributed by atoms with Crippen molar-refractivity contribution < 1.29 is 52.3 Å². The summed E-state index contributed by atoms with van der Waals surface area (Å²) in [6.45, 7) is 7.28. The van der Waals surface area contributed by atoms with Crippen molar-refractivity contribution in [3.05, 3.63) is 82.9 Å². The molecule has 5 atom stereocenters. The van der Waals surface area contributed by atoms with E-state index in [1.807, 2.05) is 36.4 Å². The van der Waals surface area contributed by atoms with Gasteiger partial charge in [0.25, 0.3) is 0 Å². The Bertz CT molecular complexity index is 2180. The molecule has 344 valence electrons. The van der Waals surface area contributed by atoms with Crippen LogP contribution in [0.2, 0.25) is 0 Å². The predicted octanol–water partition coefficient (Wildman–Crippen LogP) is 8.52. The van der Waals surface area contributed by atoms with Gasteiger partial charge < -0.3 is 43.8 Å².